The lowest BCUT2D eigenvalue weighted by molar-refractivity contribution is 0.0647. The highest BCUT2D eigenvalue weighted by Crippen LogP contribution is 2.18. The van der Waals surface area contributed by atoms with Crippen LogP contribution in [0, 0.1) is 11.3 Å². The van der Waals surface area contributed by atoms with Gasteiger partial charge in [-0.25, -0.2) is 4.79 Å². The van der Waals surface area contributed by atoms with Crippen molar-refractivity contribution >= 4 is 6.03 Å². The molecule has 1 aliphatic rings. The van der Waals surface area contributed by atoms with E-state index in [0.717, 1.165) is 32.5 Å². The predicted octanol–water partition coefficient (Wildman–Crippen LogP) is 1.81. The number of hydrogen-bond acceptors (Lipinski definition) is 3. The van der Waals surface area contributed by atoms with Crippen LogP contribution in [0.5, 0.6) is 0 Å². The zero-order valence-electron chi connectivity index (χ0n) is 14.3. The van der Waals surface area contributed by atoms with Crippen LogP contribution in [0.3, 0.4) is 0 Å². The molecule has 0 aliphatic carbocycles. The Hall–Kier alpha value is -0.810. The molecule has 124 valence electrons. The molecule has 5 nitrogen and oxygen atoms in total. The third-order valence-corrected chi connectivity index (χ3v) is 4.00. The lowest BCUT2D eigenvalue weighted by atomic mass is 9.89. The molecule has 1 aliphatic heterocycles. The fourth-order valence-electron chi connectivity index (χ4n) is 2.51. The van der Waals surface area contributed by atoms with Gasteiger partial charge in [-0.3, -0.25) is 0 Å². The first-order valence-electron chi connectivity index (χ1n) is 8.13. The highest BCUT2D eigenvalue weighted by Gasteiger charge is 2.24. The van der Waals surface area contributed by atoms with Crippen LogP contribution in [-0.2, 0) is 0 Å². The molecule has 5 heteroatoms. The van der Waals surface area contributed by atoms with Gasteiger partial charge >= 0.3 is 6.03 Å². The van der Waals surface area contributed by atoms with Crippen molar-refractivity contribution in [2.24, 2.45) is 11.3 Å². The van der Waals surface area contributed by atoms with Crippen molar-refractivity contribution in [3.05, 3.63) is 0 Å². The molecule has 2 amide bonds. The molecule has 0 radical (unpaired) electrons. The molecule has 1 unspecified atom stereocenters. The van der Waals surface area contributed by atoms with Crippen molar-refractivity contribution < 1.29 is 9.90 Å². The van der Waals surface area contributed by atoms with Gasteiger partial charge in [-0.1, -0.05) is 34.6 Å². The maximum Gasteiger partial charge on any atom is 0.315 e. The summed E-state index contributed by atoms with van der Waals surface area (Å²) >= 11 is 0. The number of urea groups is 1. The lowest BCUT2D eigenvalue weighted by Crippen LogP contribution is -2.50. The van der Waals surface area contributed by atoms with E-state index >= 15 is 0 Å². The van der Waals surface area contributed by atoms with E-state index in [4.69, 9.17) is 0 Å². The van der Waals surface area contributed by atoms with Crippen molar-refractivity contribution in [3.8, 4) is 0 Å². The van der Waals surface area contributed by atoms with Crippen molar-refractivity contribution in [1.29, 1.82) is 0 Å². The number of likely N-dealkylation sites (tertiary alicyclic amines) is 1. The normalized spacial score (nSPS) is 19.6. The summed E-state index contributed by atoms with van der Waals surface area (Å²) in [6.45, 7) is 13.9. The molecule has 0 spiro atoms. The van der Waals surface area contributed by atoms with E-state index in [-0.39, 0.29) is 17.5 Å². The Kier molecular flexibility index (Phi) is 6.94. The second kappa shape index (κ2) is 7.99. The Labute approximate surface area is 129 Å². The van der Waals surface area contributed by atoms with Crippen LogP contribution in [0.15, 0.2) is 0 Å². The number of aliphatic hydroxyl groups excluding tert-OH is 1. The number of piperidine rings is 1. The van der Waals surface area contributed by atoms with Crippen LogP contribution in [0.4, 0.5) is 4.79 Å². The monoisotopic (exact) mass is 299 g/mol. The molecule has 0 saturated carbocycles. The minimum absolute atomic E-state index is 0.166. The summed E-state index contributed by atoms with van der Waals surface area (Å²) in [6, 6.07) is 0.0841. The van der Waals surface area contributed by atoms with Gasteiger partial charge < -0.3 is 20.6 Å². The molecule has 1 saturated heterocycles. The molecule has 0 bridgehead atoms. The number of carbonyl (C=O) groups is 1. The zero-order valence-corrected chi connectivity index (χ0v) is 14.3. The summed E-state index contributed by atoms with van der Waals surface area (Å²) in [5.74, 6) is 0.691. The lowest BCUT2D eigenvalue weighted by Gasteiger charge is -2.33. The molecule has 1 rings (SSSR count). The van der Waals surface area contributed by atoms with E-state index in [9.17, 15) is 9.90 Å². The molecular weight excluding hydrogens is 266 g/mol. The summed E-state index contributed by atoms with van der Waals surface area (Å²) in [4.78, 5) is 14.3. The standard InChI is InChI=1S/C16H33N3O2/c1-12(2)11-19-8-6-13(7-9-19)18-15(21)17-10-14(20)16(3,4)5/h12-14,20H,6-11H2,1-5H3,(H2,17,18,21). The van der Waals surface area contributed by atoms with Crippen molar-refractivity contribution in [2.75, 3.05) is 26.2 Å². The van der Waals surface area contributed by atoms with Gasteiger partial charge in [0, 0.05) is 32.2 Å². The number of nitrogens with one attached hydrogen (secondary N) is 2. The van der Waals surface area contributed by atoms with E-state index in [1.54, 1.807) is 0 Å². The first-order chi connectivity index (χ1) is 9.68. The SMILES string of the molecule is CC(C)CN1CCC(NC(=O)NCC(O)C(C)(C)C)CC1. The van der Waals surface area contributed by atoms with E-state index < -0.39 is 6.10 Å². The summed E-state index contributed by atoms with van der Waals surface area (Å²) in [6.07, 6.45) is 1.47. The van der Waals surface area contributed by atoms with E-state index in [2.05, 4.69) is 29.4 Å². The minimum Gasteiger partial charge on any atom is -0.391 e. The van der Waals surface area contributed by atoms with Crippen LogP contribution >= 0.6 is 0 Å². The second-order valence-electron chi connectivity index (χ2n) is 7.70. The maximum absolute atomic E-state index is 11.9. The number of aliphatic hydroxyl groups is 1. The largest absolute Gasteiger partial charge is 0.391 e. The Balaban J connectivity index is 2.22. The average Bonchev–Trinajstić information content (AvgIpc) is 2.36. The third-order valence-electron chi connectivity index (χ3n) is 4.00. The predicted molar refractivity (Wildman–Crippen MR) is 86.3 cm³/mol. The minimum atomic E-state index is -0.531. The number of hydrogen-bond donors (Lipinski definition) is 3. The topological polar surface area (TPSA) is 64.6 Å². The molecule has 0 aromatic heterocycles. The molecular formula is C16H33N3O2. The Morgan fingerprint density at radius 2 is 1.86 bits per heavy atom. The number of rotatable bonds is 5. The van der Waals surface area contributed by atoms with Crippen molar-refractivity contribution in [1.82, 2.24) is 15.5 Å². The van der Waals surface area contributed by atoms with Gasteiger partial charge in [0.15, 0.2) is 0 Å². The van der Waals surface area contributed by atoms with E-state index in [0.29, 0.717) is 12.5 Å². The van der Waals surface area contributed by atoms with Crippen LogP contribution in [0.25, 0.3) is 0 Å². The quantitative estimate of drug-likeness (QED) is 0.725. The van der Waals surface area contributed by atoms with Gasteiger partial charge in [0.25, 0.3) is 0 Å². The fraction of sp³-hybridized carbons (Fsp3) is 0.938. The first-order valence-corrected chi connectivity index (χ1v) is 8.13. The molecule has 0 aromatic rings. The zero-order chi connectivity index (χ0) is 16.0. The summed E-state index contributed by atoms with van der Waals surface area (Å²) < 4.78 is 0. The van der Waals surface area contributed by atoms with E-state index in [1.165, 1.54) is 0 Å². The number of nitrogens with zero attached hydrogens (tertiary/aromatic N) is 1. The fourth-order valence-corrected chi connectivity index (χ4v) is 2.51. The molecule has 21 heavy (non-hydrogen) atoms. The Bertz CT molecular complexity index is 318. The Morgan fingerprint density at radius 3 is 2.33 bits per heavy atom. The van der Waals surface area contributed by atoms with Crippen molar-refractivity contribution in [3.63, 3.8) is 0 Å². The van der Waals surface area contributed by atoms with Gasteiger partial charge in [-0.05, 0) is 24.2 Å². The van der Waals surface area contributed by atoms with Crippen LogP contribution in [0.2, 0.25) is 0 Å². The molecule has 3 N–H and O–H groups in total. The Morgan fingerprint density at radius 1 is 1.29 bits per heavy atom. The molecule has 1 atom stereocenters. The van der Waals surface area contributed by atoms with Crippen molar-refractivity contribution in [2.45, 2.75) is 59.6 Å². The molecule has 1 fully saturated rings. The maximum atomic E-state index is 11.9. The number of amides is 2. The molecule has 1 heterocycles. The van der Waals surface area contributed by atoms with Crippen LogP contribution in [0.1, 0.15) is 47.5 Å². The van der Waals surface area contributed by atoms with Gasteiger partial charge in [0.05, 0.1) is 6.10 Å². The summed E-state index contributed by atoms with van der Waals surface area (Å²) in [5.41, 5.74) is -0.213. The second-order valence-corrected chi connectivity index (χ2v) is 7.70. The average molecular weight is 299 g/mol. The van der Waals surface area contributed by atoms with E-state index in [1.807, 2.05) is 20.8 Å². The van der Waals surface area contributed by atoms with Gasteiger partial charge in [0.1, 0.15) is 0 Å². The van der Waals surface area contributed by atoms with Gasteiger partial charge in [0.2, 0.25) is 0 Å². The first kappa shape index (κ1) is 18.2. The molecule has 0 aromatic carbocycles. The smallest absolute Gasteiger partial charge is 0.315 e. The third kappa shape index (κ3) is 7.14. The summed E-state index contributed by atoms with van der Waals surface area (Å²) in [7, 11) is 0. The van der Waals surface area contributed by atoms with Crippen LogP contribution in [-0.4, -0.2) is 54.4 Å². The number of carbonyl (C=O) groups excluding carboxylic acids is 1. The van der Waals surface area contributed by atoms with Gasteiger partial charge in [-0.15, -0.1) is 0 Å². The summed E-state index contributed by atoms with van der Waals surface area (Å²) in [5, 5.41) is 15.7. The highest BCUT2D eigenvalue weighted by atomic mass is 16.3. The highest BCUT2D eigenvalue weighted by molar-refractivity contribution is 5.74. The van der Waals surface area contributed by atoms with Crippen LogP contribution < -0.4 is 10.6 Å². The van der Waals surface area contributed by atoms with Gasteiger partial charge in [-0.2, -0.15) is 0 Å².